The van der Waals surface area contributed by atoms with Crippen LogP contribution in [0.1, 0.15) is 24.7 Å². The zero-order valence-corrected chi connectivity index (χ0v) is 12.9. The van der Waals surface area contributed by atoms with Crippen molar-refractivity contribution in [1.29, 1.82) is 0 Å². The van der Waals surface area contributed by atoms with Crippen molar-refractivity contribution in [1.82, 2.24) is 24.5 Å². The van der Waals surface area contributed by atoms with Crippen LogP contribution < -0.4 is 5.32 Å². The minimum atomic E-state index is 0.652. The molecule has 0 aliphatic carbocycles. The van der Waals surface area contributed by atoms with E-state index in [4.69, 9.17) is 11.6 Å². The van der Waals surface area contributed by atoms with Gasteiger partial charge in [0.2, 0.25) is 0 Å². The maximum absolute atomic E-state index is 6.12. The van der Waals surface area contributed by atoms with E-state index in [9.17, 15) is 0 Å². The number of halogens is 1. The zero-order valence-electron chi connectivity index (χ0n) is 12.2. The van der Waals surface area contributed by atoms with Crippen LogP contribution in [0.15, 0.2) is 30.6 Å². The Labute approximate surface area is 128 Å². The molecule has 0 aliphatic heterocycles. The first kappa shape index (κ1) is 14.1. The summed E-state index contributed by atoms with van der Waals surface area (Å²) in [5.74, 6) is 0.819. The summed E-state index contributed by atoms with van der Waals surface area (Å²) < 4.78 is 3.84. The molecule has 110 valence electrons. The van der Waals surface area contributed by atoms with Crippen molar-refractivity contribution in [2.75, 3.05) is 6.54 Å². The Hall–Kier alpha value is -1.85. The van der Waals surface area contributed by atoms with Gasteiger partial charge in [-0.1, -0.05) is 24.6 Å². The molecule has 3 rings (SSSR count). The van der Waals surface area contributed by atoms with Gasteiger partial charge in [0.25, 0.3) is 0 Å². The van der Waals surface area contributed by atoms with Gasteiger partial charge in [-0.05, 0) is 32.0 Å². The highest BCUT2D eigenvalue weighted by Crippen LogP contribution is 2.20. The summed E-state index contributed by atoms with van der Waals surface area (Å²) in [5, 5.41) is 8.52. The Balaban J connectivity index is 2.09. The Kier molecular flexibility index (Phi) is 3.94. The quantitative estimate of drug-likeness (QED) is 0.737. The minimum Gasteiger partial charge on any atom is -0.311 e. The smallest absolute Gasteiger partial charge is 0.176 e. The van der Waals surface area contributed by atoms with Crippen molar-refractivity contribution in [2.45, 2.75) is 26.8 Å². The number of nitrogens with one attached hydrogen (secondary N) is 1. The van der Waals surface area contributed by atoms with Gasteiger partial charge in [0.05, 0.1) is 22.6 Å². The second-order valence-corrected chi connectivity index (χ2v) is 5.40. The van der Waals surface area contributed by atoms with Gasteiger partial charge in [0, 0.05) is 12.7 Å². The fraction of sp³-hybridized carbons (Fsp3) is 0.333. The summed E-state index contributed by atoms with van der Waals surface area (Å²) in [7, 11) is 0. The van der Waals surface area contributed by atoms with Gasteiger partial charge >= 0.3 is 0 Å². The van der Waals surface area contributed by atoms with Gasteiger partial charge in [0.1, 0.15) is 5.65 Å². The Morgan fingerprint density at radius 3 is 2.90 bits per heavy atom. The highest BCUT2D eigenvalue weighted by atomic mass is 35.5. The van der Waals surface area contributed by atoms with Crippen LogP contribution in [0.4, 0.5) is 0 Å². The summed E-state index contributed by atoms with van der Waals surface area (Å²) in [6.45, 7) is 5.76. The molecule has 0 spiro atoms. The van der Waals surface area contributed by atoms with Crippen LogP contribution in [-0.4, -0.2) is 25.7 Å². The maximum Gasteiger partial charge on any atom is 0.176 e. The van der Waals surface area contributed by atoms with Crippen molar-refractivity contribution in [2.24, 2.45) is 0 Å². The van der Waals surface area contributed by atoms with Crippen molar-refractivity contribution in [3.63, 3.8) is 0 Å². The highest BCUT2D eigenvalue weighted by Gasteiger charge is 2.15. The van der Waals surface area contributed by atoms with E-state index in [0.29, 0.717) is 5.02 Å². The number of pyridine rings is 1. The van der Waals surface area contributed by atoms with E-state index in [-0.39, 0.29) is 0 Å². The predicted octanol–water partition coefficient (Wildman–Crippen LogP) is 2.98. The summed E-state index contributed by atoms with van der Waals surface area (Å²) in [6.07, 6.45) is 4.92. The Bertz CT molecular complexity index is 739. The molecule has 0 atom stereocenters. The predicted molar refractivity (Wildman–Crippen MR) is 84.1 cm³/mol. The number of hydrogen-bond acceptors (Lipinski definition) is 3. The van der Waals surface area contributed by atoms with Gasteiger partial charge in [-0.15, -0.1) is 0 Å². The Morgan fingerprint density at radius 1 is 1.33 bits per heavy atom. The lowest BCUT2D eigenvalue weighted by Crippen LogP contribution is -2.17. The Morgan fingerprint density at radius 2 is 2.19 bits per heavy atom. The van der Waals surface area contributed by atoms with Gasteiger partial charge in [-0.3, -0.25) is 0 Å². The average molecular weight is 304 g/mol. The van der Waals surface area contributed by atoms with Crippen molar-refractivity contribution in [3.05, 3.63) is 47.0 Å². The van der Waals surface area contributed by atoms with Crippen molar-refractivity contribution >= 4 is 17.2 Å². The molecule has 0 saturated heterocycles. The van der Waals surface area contributed by atoms with Gasteiger partial charge < -0.3 is 9.72 Å². The van der Waals surface area contributed by atoms with Crippen LogP contribution in [0.5, 0.6) is 0 Å². The van der Waals surface area contributed by atoms with E-state index in [1.807, 2.05) is 37.5 Å². The number of imidazole rings is 1. The van der Waals surface area contributed by atoms with E-state index >= 15 is 0 Å². The van der Waals surface area contributed by atoms with Crippen LogP contribution in [0, 0.1) is 6.92 Å². The molecule has 6 heteroatoms. The summed E-state index contributed by atoms with van der Waals surface area (Å²) in [5.41, 5.74) is 2.80. The highest BCUT2D eigenvalue weighted by molar-refractivity contribution is 6.31. The summed E-state index contributed by atoms with van der Waals surface area (Å²) >= 11 is 6.12. The fourth-order valence-corrected chi connectivity index (χ4v) is 2.44. The molecule has 3 aromatic rings. The second kappa shape index (κ2) is 5.87. The maximum atomic E-state index is 6.12. The van der Waals surface area contributed by atoms with E-state index in [1.54, 1.807) is 4.68 Å². The number of fused-ring (bicyclic) bond motifs is 1. The van der Waals surface area contributed by atoms with Crippen LogP contribution in [-0.2, 0) is 6.54 Å². The van der Waals surface area contributed by atoms with Crippen LogP contribution in [0.25, 0.3) is 11.5 Å². The molecular formula is C15H18ClN5. The molecule has 5 nitrogen and oxygen atoms in total. The lowest BCUT2D eigenvalue weighted by Gasteiger charge is -2.06. The first-order valence-electron chi connectivity index (χ1n) is 7.09. The molecule has 21 heavy (non-hydrogen) atoms. The lowest BCUT2D eigenvalue weighted by atomic mass is 10.4. The molecule has 0 saturated carbocycles. The normalized spacial score (nSPS) is 11.4. The van der Waals surface area contributed by atoms with E-state index in [1.165, 1.54) is 0 Å². The molecule has 0 aliphatic rings. The molecule has 0 fully saturated rings. The lowest BCUT2D eigenvalue weighted by molar-refractivity contribution is 0.654. The van der Waals surface area contributed by atoms with Crippen LogP contribution in [0.3, 0.4) is 0 Å². The van der Waals surface area contributed by atoms with Crippen molar-refractivity contribution < 1.29 is 0 Å². The largest absolute Gasteiger partial charge is 0.311 e. The third-order valence-electron chi connectivity index (χ3n) is 3.38. The molecule has 3 heterocycles. The first-order valence-corrected chi connectivity index (χ1v) is 7.47. The van der Waals surface area contributed by atoms with E-state index in [2.05, 4.69) is 26.7 Å². The van der Waals surface area contributed by atoms with Crippen LogP contribution in [0.2, 0.25) is 5.02 Å². The number of hydrogen-bond donors (Lipinski definition) is 1. The second-order valence-electron chi connectivity index (χ2n) is 4.99. The van der Waals surface area contributed by atoms with E-state index < -0.39 is 0 Å². The van der Waals surface area contributed by atoms with Gasteiger partial charge in [0.15, 0.2) is 5.82 Å². The molecule has 0 unspecified atom stereocenters. The number of nitrogens with zero attached hydrogens (tertiary/aromatic N) is 4. The average Bonchev–Trinajstić information content (AvgIpc) is 3.01. The molecule has 1 N–H and O–H groups in total. The summed E-state index contributed by atoms with van der Waals surface area (Å²) in [4.78, 5) is 4.68. The summed E-state index contributed by atoms with van der Waals surface area (Å²) in [6, 6.07) is 5.98. The molecular weight excluding hydrogens is 286 g/mol. The topological polar surface area (TPSA) is 47.2 Å². The molecule has 0 radical (unpaired) electrons. The standard InChI is InChI=1S/C15H18ClN5/c1-3-7-17-9-13-15(21-10-12(16)11(2)19-21)18-14-6-4-5-8-20(13)14/h4-6,8,10,17H,3,7,9H2,1-2H3. The number of aryl methyl sites for hydroxylation is 1. The van der Waals surface area contributed by atoms with Gasteiger partial charge in [-0.2, -0.15) is 5.10 Å². The number of aromatic nitrogens is 4. The monoisotopic (exact) mass is 303 g/mol. The molecule has 0 amide bonds. The van der Waals surface area contributed by atoms with Gasteiger partial charge in [-0.25, -0.2) is 9.67 Å². The minimum absolute atomic E-state index is 0.652. The first-order chi connectivity index (χ1) is 10.2. The zero-order chi connectivity index (χ0) is 14.8. The van der Waals surface area contributed by atoms with Crippen molar-refractivity contribution in [3.8, 4) is 5.82 Å². The fourth-order valence-electron chi connectivity index (χ4n) is 2.31. The SMILES string of the molecule is CCCNCc1c(-n2cc(Cl)c(C)n2)nc2ccccn12. The van der Waals surface area contributed by atoms with E-state index in [0.717, 1.165) is 42.4 Å². The third kappa shape index (κ3) is 2.66. The molecule has 0 bridgehead atoms. The van der Waals surface area contributed by atoms with Crippen LogP contribution >= 0.6 is 11.6 Å². The molecule has 3 aromatic heterocycles. The number of rotatable bonds is 5. The third-order valence-corrected chi connectivity index (χ3v) is 3.75. The molecule has 0 aromatic carbocycles.